The highest BCUT2D eigenvalue weighted by molar-refractivity contribution is 6.31. The molecule has 0 fully saturated rings. The number of nitrogens with two attached hydrogens (primary N) is 1. The lowest BCUT2D eigenvalue weighted by molar-refractivity contribution is 0.629. The van der Waals surface area contributed by atoms with Crippen molar-refractivity contribution >= 4 is 29.0 Å². The zero-order valence-electron chi connectivity index (χ0n) is 12.2. The molecule has 0 saturated heterocycles. The number of nitriles is 1. The van der Waals surface area contributed by atoms with E-state index in [0.717, 1.165) is 5.56 Å². The van der Waals surface area contributed by atoms with Crippen molar-refractivity contribution in [3.05, 3.63) is 70.0 Å². The minimum atomic E-state index is -0.568. The van der Waals surface area contributed by atoms with Gasteiger partial charge < -0.3 is 5.73 Å². The van der Waals surface area contributed by atoms with Crippen LogP contribution >= 0.6 is 23.2 Å². The van der Waals surface area contributed by atoms with Gasteiger partial charge in [-0.05, 0) is 35.9 Å². The number of pyridine rings is 1. The zero-order chi connectivity index (χ0) is 17.3. The van der Waals surface area contributed by atoms with Crippen molar-refractivity contribution in [2.24, 2.45) is 0 Å². The summed E-state index contributed by atoms with van der Waals surface area (Å²) in [6.07, 6.45) is 0. The zero-order valence-corrected chi connectivity index (χ0v) is 13.7. The first-order valence-electron chi connectivity index (χ1n) is 6.91. The molecule has 0 aliphatic rings. The Kier molecular flexibility index (Phi) is 4.39. The third kappa shape index (κ3) is 3.05. The number of aromatic nitrogens is 1. The molecule has 2 N–H and O–H groups in total. The molecule has 0 unspecified atom stereocenters. The van der Waals surface area contributed by atoms with Gasteiger partial charge >= 0.3 is 0 Å². The van der Waals surface area contributed by atoms with Gasteiger partial charge in [-0.2, -0.15) is 5.26 Å². The Morgan fingerprint density at radius 2 is 1.67 bits per heavy atom. The average Bonchev–Trinajstić information content (AvgIpc) is 2.57. The van der Waals surface area contributed by atoms with Crippen LogP contribution in [0.5, 0.6) is 0 Å². The highest BCUT2D eigenvalue weighted by atomic mass is 35.5. The van der Waals surface area contributed by atoms with E-state index in [1.165, 1.54) is 12.1 Å². The van der Waals surface area contributed by atoms with Crippen LogP contribution in [0, 0.1) is 17.1 Å². The molecule has 0 aliphatic carbocycles. The molecule has 0 radical (unpaired) electrons. The van der Waals surface area contributed by atoms with Crippen LogP contribution in [0.3, 0.4) is 0 Å². The van der Waals surface area contributed by atoms with E-state index in [1.807, 2.05) is 6.07 Å². The minimum Gasteiger partial charge on any atom is -0.383 e. The van der Waals surface area contributed by atoms with Gasteiger partial charge in [-0.3, -0.25) is 0 Å². The third-order valence-corrected chi connectivity index (χ3v) is 4.09. The van der Waals surface area contributed by atoms with E-state index in [0.29, 0.717) is 21.8 Å². The van der Waals surface area contributed by atoms with Crippen molar-refractivity contribution in [3.63, 3.8) is 0 Å². The quantitative estimate of drug-likeness (QED) is 0.675. The van der Waals surface area contributed by atoms with Gasteiger partial charge in [-0.1, -0.05) is 41.4 Å². The van der Waals surface area contributed by atoms with Gasteiger partial charge in [0.25, 0.3) is 0 Å². The number of nitrogens with zero attached hydrogens (tertiary/aromatic N) is 2. The molecule has 2 aromatic carbocycles. The average molecular weight is 358 g/mol. The second-order valence-electron chi connectivity index (χ2n) is 5.06. The summed E-state index contributed by atoms with van der Waals surface area (Å²) in [6, 6.07) is 15.1. The van der Waals surface area contributed by atoms with Crippen LogP contribution in [0.2, 0.25) is 10.0 Å². The number of nitrogen functional groups attached to an aromatic ring is 1. The molecular formula is C18H10Cl2FN3. The van der Waals surface area contributed by atoms with E-state index < -0.39 is 5.82 Å². The molecule has 0 bridgehead atoms. The second kappa shape index (κ2) is 6.48. The van der Waals surface area contributed by atoms with Gasteiger partial charge in [0.15, 0.2) is 0 Å². The normalized spacial score (nSPS) is 10.4. The van der Waals surface area contributed by atoms with Crippen LogP contribution in [0.1, 0.15) is 5.56 Å². The summed E-state index contributed by atoms with van der Waals surface area (Å²) in [5.74, 6) is -0.489. The van der Waals surface area contributed by atoms with Gasteiger partial charge in [0.1, 0.15) is 23.3 Å². The van der Waals surface area contributed by atoms with Gasteiger partial charge in [0, 0.05) is 16.1 Å². The first-order valence-corrected chi connectivity index (χ1v) is 7.67. The van der Waals surface area contributed by atoms with E-state index in [1.54, 1.807) is 36.4 Å². The molecule has 0 spiro atoms. The fourth-order valence-corrected chi connectivity index (χ4v) is 2.59. The lowest BCUT2D eigenvalue weighted by Gasteiger charge is -2.11. The summed E-state index contributed by atoms with van der Waals surface area (Å²) >= 11 is 11.6. The van der Waals surface area contributed by atoms with Crippen molar-refractivity contribution < 1.29 is 4.39 Å². The molecular weight excluding hydrogens is 348 g/mol. The number of anilines is 1. The maximum Gasteiger partial charge on any atom is 0.142 e. The SMILES string of the molecule is N#Cc1c(-c2ccc(Cl)c(F)c2)cc(-c2ccc(Cl)cc2)nc1N. The Bertz CT molecular complexity index is 963. The van der Waals surface area contributed by atoms with Crippen LogP contribution < -0.4 is 5.73 Å². The first-order chi connectivity index (χ1) is 11.5. The molecule has 0 atom stereocenters. The Morgan fingerprint density at radius 1 is 1.00 bits per heavy atom. The smallest absolute Gasteiger partial charge is 0.142 e. The molecule has 3 aromatic rings. The second-order valence-corrected chi connectivity index (χ2v) is 5.91. The molecule has 3 nitrogen and oxygen atoms in total. The largest absolute Gasteiger partial charge is 0.383 e. The van der Waals surface area contributed by atoms with Gasteiger partial charge in [-0.15, -0.1) is 0 Å². The summed E-state index contributed by atoms with van der Waals surface area (Å²) in [4.78, 5) is 4.26. The molecule has 0 aliphatic heterocycles. The van der Waals surface area contributed by atoms with Crippen molar-refractivity contribution in [1.29, 1.82) is 5.26 Å². The molecule has 0 saturated carbocycles. The summed E-state index contributed by atoms with van der Waals surface area (Å²) in [7, 11) is 0. The Labute approximate surface area is 148 Å². The van der Waals surface area contributed by atoms with Crippen molar-refractivity contribution in [2.75, 3.05) is 5.73 Å². The number of benzene rings is 2. The summed E-state index contributed by atoms with van der Waals surface area (Å²) in [5, 5.41) is 9.98. The fraction of sp³-hybridized carbons (Fsp3) is 0. The molecule has 3 rings (SSSR count). The molecule has 118 valence electrons. The molecule has 6 heteroatoms. The number of halogens is 3. The first kappa shape index (κ1) is 16.3. The molecule has 1 heterocycles. The van der Waals surface area contributed by atoms with Gasteiger partial charge in [0.05, 0.1) is 10.7 Å². The Hall–Kier alpha value is -2.61. The minimum absolute atomic E-state index is 0.0113. The molecule has 1 aromatic heterocycles. The van der Waals surface area contributed by atoms with Crippen LogP contribution in [0.25, 0.3) is 22.4 Å². The Morgan fingerprint density at radius 3 is 2.29 bits per heavy atom. The maximum absolute atomic E-state index is 13.8. The maximum atomic E-state index is 13.8. The highest BCUT2D eigenvalue weighted by Crippen LogP contribution is 2.33. The molecule has 0 amide bonds. The van der Waals surface area contributed by atoms with E-state index in [2.05, 4.69) is 4.98 Å². The predicted octanol–water partition coefficient (Wildman–Crippen LogP) is 5.32. The topological polar surface area (TPSA) is 62.7 Å². The summed E-state index contributed by atoms with van der Waals surface area (Å²) in [6.45, 7) is 0. The van der Waals surface area contributed by atoms with Crippen LogP contribution in [-0.2, 0) is 0 Å². The number of hydrogen-bond acceptors (Lipinski definition) is 3. The van der Waals surface area contributed by atoms with E-state index in [4.69, 9.17) is 28.9 Å². The molecule has 24 heavy (non-hydrogen) atoms. The van der Waals surface area contributed by atoms with Gasteiger partial charge in [-0.25, -0.2) is 9.37 Å². The van der Waals surface area contributed by atoms with E-state index >= 15 is 0 Å². The number of hydrogen-bond donors (Lipinski definition) is 1. The number of rotatable bonds is 2. The lowest BCUT2D eigenvalue weighted by atomic mass is 9.98. The fourth-order valence-electron chi connectivity index (χ4n) is 2.34. The summed E-state index contributed by atoms with van der Waals surface area (Å²) < 4.78 is 13.8. The van der Waals surface area contributed by atoms with E-state index in [-0.39, 0.29) is 16.4 Å². The monoisotopic (exact) mass is 357 g/mol. The van der Waals surface area contributed by atoms with Crippen LogP contribution in [0.4, 0.5) is 10.2 Å². The summed E-state index contributed by atoms with van der Waals surface area (Å²) in [5.41, 5.74) is 8.45. The third-order valence-electron chi connectivity index (χ3n) is 3.53. The highest BCUT2D eigenvalue weighted by Gasteiger charge is 2.14. The predicted molar refractivity (Wildman–Crippen MR) is 94.2 cm³/mol. The Balaban J connectivity index is 2.22. The van der Waals surface area contributed by atoms with Gasteiger partial charge in [0.2, 0.25) is 0 Å². The van der Waals surface area contributed by atoms with Crippen molar-refractivity contribution in [2.45, 2.75) is 0 Å². The van der Waals surface area contributed by atoms with Crippen LogP contribution in [-0.4, -0.2) is 4.98 Å². The van der Waals surface area contributed by atoms with Crippen molar-refractivity contribution in [1.82, 2.24) is 4.98 Å². The van der Waals surface area contributed by atoms with Crippen LogP contribution in [0.15, 0.2) is 48.5 Å². The van der Waals surface area contributed by atoms with Crippen molar-refractivity contribution in [3.8, 4) is 28.5 Å². The van der Waals surface area contributed by atoms with E-state index in [9.17, 15) is 9.65 Å². The standard InChI is InChI=1S/C18H10Cl2FN3/c19-12-4-1-10(2-5-12)17-8-13(14(9-22)18(23)24-17)11-3-6-15(20)16(21)7-11/h1-8H,(H2,23,24). The lowest BCUT2D eigenvalue weighted by Crippen LogP contribution is -2.00.